The third kappa shape index (κ3) is 4.04. The van der Waals surface area contributed by atoms with Crippen molar-refractivity contribution >= 4 is 28.4 Å². The Morgan fingerprint density at radius 1 is 1.22 bits per heavy atom. The highest BCUT2D eigenvalue weighted by Crippen LogP contribution is 2.16. The first kappa shape index (κ1) is 21.5. The van der Waals surface area contributed by atoms with Crippen LogP contribution >= 0.6 is 0 Å². The molecule has 0 aliphatic heterocycles. The fourth-order valence-electron chi connectivity index (χ4n) is 3.73. The van der Waals surface area contributed by atoms with E-state index >= 15 is 0 Å². The van der Waals surface area contributed by atoms with E-state index in [2.05, 4.69) is 5.32 Å². The summed E-state index contributed by atoms with van der Waals surface area (Å²) in [6.07, 6.45) is 2.35. The van der Waals surface area contributed by atoms with Gasteiger partial charge in [-0.1, -0.05) is 41.4 Å². The fraction of sp³-hybridized carbons (Fsp3) is 0.250. The molecule has 1 aromatic carbocycles. The smallest absolute Gasteiger partial charge is 0.278 e. The summed E-state index contributed by atoms with van der Waals surface area (Å²) in [5, 5.41) is 3.19. The van der Waals surface area contributed by atoms with Crippen molar-refractivity contribution < 1.29 is 14.1 Å². The number of ether oxygens (including phenoxy) is 1. The summed E-state index contributed by atoms with van der Waals surface area (Å²) in [7, 11) is 1.61. The lowest BCUT2D eigenvalue weighted by atomic mass is 10.1. The van der Waals surface area contributed by atoms with Crippen molar-refractivity contribution in [3.8, 4) is 0 Å². The Hall–Kier alpha value is -3.78. The molecule has 0 spiro atoms. The highest BCUT2D eigenvalue weighted by molar-refractivity contribution is 6.00. The van der Waals surface area contributed by atoms with Crippen LogP contribution in [0.15, 0.2) is 59.5 Å². The van der Waals surface area contributed by atoms with Crippen LogP contribution in [-0.4, -0.2) is 35.6 Å². The zero-order valence-corrected chi connectivity index (χ0v) is 18.2. The molecule has 0 bridgehead atoms. The molecule has 8 heteroatoms. The van der Waals surface area contributed by atoms with Gasteiger partial charge in [0.1, 0.15) is 10.9 Å². The van der Waals surface area contributed by atoms with Crippen molar-refractivity contribution in [2.24, 2.45) is 0 Å². The quantitative estimate of drug-likeness (QED) is 0.264. The Balaban J connectivity index is 1.92. The number of hydrogen-bond donors (Lipinski definition) is 2. The number of nitrogen functional groups attached to an aromatic ring is 1. The van der Waals surface area contributed by atoms with Gasteiger partial charge in [-0.2, -0.15) is 0 Å². The van der Waals surface area contributed by atoms with Gasteiger partial charge in [-0.25, -0.2) is 4.57 Å². The molecule has 0 saturated heterocycles. The number of fused-ring (bicyclic) bond motifs is 2. The summed E-state index contributed by atoms with van der Waals surface area (Å²) in [6, 6.07) is 15.0. The van der Waals surface area contributed by atoms with E-state index in [-0.39, 0.29) is 22.8 Å². The number of methoxy groups -OCH3 is 1. The largest absolute Gasteiger partial charge is 0.385 e. The molecule has 0 atom stereocenters. The first-order valence-corrected chi connectivity index (χ1v) is 10.5. The third-order valence-electron chi connectivity index (χ3n) is 5.41. The second kappa shape index (κ2) is 9.15. The predicted molar refractivity (Wildman–Crippen MR) is 123 cm³/mol. The topological polar surface area (TPSA) is 103 Å². The molecule has 0 fully saturated rings. The number of hydrogen-bond acceptors (Lipinski definition) is 5. The maximum absolute atomic E-state index is 13.4. The van der Waals surface area contributed by atoms with Crippen molar-refractivity contribution in [2.45, 2.75) is 19.9 Å². The zero-order chi connectivity index (χ0) is 22.7. The molecule has 0 aliphatic rings. The van der Waals surface area contributed by atoms with Gasteiger partial charge < -0.3 is 15.8 Å². The van der Waals surface area contributed by atoms with Gasteiger partial charge in [-0.05, 0) is 31.0 Å². The number of carbonyl (C=O) groups excluding carboxylic acids is 1. The van der Waals surface area contributed by atoms with Crippen molar-refractivity contribution in [2.75, 3.05) is 26.0 Å². The standard InChI is InChI=1S/C24H25N5O3/c1-16-8-6-12-28-21(16)27-22-19(24(28)31)14-18(23(30)26-11-7-13-32-2)20(25)29(22)15-17-9-4-3-5-10-17/h3-6,8-10,12,14,25H,7,11,13,15H2,1-2H3,(H,26,30)/p+1. The van der Waals surface area contributed by atoms with Crippen LogP contribution in [0.4, 0.5) is 5.82 Å². The summed E-state index contributed by atoms with van der Waals surface area (Å²) < 4.78 is 8.27. The van der Waals surface area contributed by atoms with Crippen molar-refractivity contribution in [1.29, 1.82) is 0 Å². The molecule has 164 valence electrons. The summed E-state index contributed by atoms with van der Waals surface area (Å²) in [6.45, 7) is 3.26. The highest BCUT2D eigenvalue weighted by Gasteiger charge is 2.24. The first-order valence-electron chi connectivity index (χ1n) is 10.5. The van der Waals surface area contributed by atoms with Gasteiger partial charge >= 0.3 is 0 Å². The van der Waals surface area contributed by atoms with Crippen LogP contribution < -0.4 is 21.2 Å². The monoisotopic (exact) mass is 432 g/mol. The number of nitrogens with zero attached hydrogens (tertiary/aromatic N) is 3. The Labute approximate surface area is 185 Å². The van der Waals surface area contributed by atoms with Crippen molar-refractivity contribution in [1.82, 2.24) is 14.7 Å². The Morgan fingerprint density at radius 3 is 2.75 bits per heavy atom. The van der Waals surface area contributed by atoms with Crippen molar-refractivity contribution in [3.05, 3.63) is 81.8 Å². The lowest BCUT2D eigenvalue weighted by molar-refractivity contribution is -0.649. The van der Waals surface area contributed by atoms with E-state index < -0.39 is 0 Å². The van der Waals surface area contributed by atoms with E-state index in [1.54, 1.807) is 30.0 Å². The molecule has 1 amide bonds. The lowest BCUT2D eigenvalue weighted by Crippen LogP contribution is -2.43. The summed E-state index contributed by atoms with van der Waals surface area (Å²) >= 11 is 0. The van der Waals surface area contributed by atoms with Gasteiger partial charge in [-0.3, -0.25) is 14.0 Å². The number of amides is 1. The molecule has 0 radical (unpaired) electrons. The molecule has 4 rings (SSSR count). The molecule has 8 nitrogen and oxygen atoms in total. The maximum Gasteiger partial charge on any atom is 0.278 e. The minimum Gasteiger partial charge on any atom is -0.385 e. The molecular weight excluding hydrogens is 406 g/mol. The Kier molecular flexibility index (Phi) is 6.13. The van der Waals surface area contributed by atoms with Crippen LogP contribution in [0.1, 0.15) is 27.9 Å². The number of aromatic nitrogens is 3. The van der Waals surface area contributed by atoms with Crippen LogP contribution in [0.2, 0.25) is 0 Å². The van der Waals surface area contributed by atoms with Gasteiger partial charge in [0.2, 0.25) is 11.5 Å². The molecule has 32 heavy (non-hydrogen) atoms. The van der Waals surface area contributed by atoms with E-state index in [4.69, 9.17) is 15.5 Å². The molecule has 3 N–H and O–H groups in total. The van der Waals surface area contributed by atoms with Crippen LogP contribution in [-0.2, 0) is 11.3 Å². The SMILES string of the molecule is COCCCNC(=O)c1cc2c(=O)n3cccc(C)c3nc2[n+](Cc2ccccc2)c1N. The van der Waals surface area contributed by atoms with E-state index in [0.717, 1.165) is 11.1 Å². The van der Waals surface area contributed by atoms with E-state index in [0.29, 0.717) is 42.8 Å². The number of aryl methyl sites for hydroxylation is 1. The second-order valence-electron chi connectivity index (χ2n) is 7.66. The maximum atomic E-state index is 13.4. The molecule has 3 aromatic heterocycles. The number of pyridine rings is 2. The van der Waals surface area contributed by atoms with Crippen molar-refractivity contribution in [3.63, 3.8) is 0 Å². The number of rotatable bonds is 7. The van der Waals surface area contributed by atoms with E-state index in [1.165, 1.54) is 4.40 Å². The van der Waals surface area contributed by atoms with Gasteiger partial charge in [0.05, 0.1) is 6.54 Å². The third-order valence-corrected chi connectivity index (χ3v) is 5.41. The van der Waals surface area contributed by atoms with Crippen LogP contribution in [0.25, 0.3) is 16.7 Å². The van der Waals surface area contributed by atoms with Crippen LogP contribution in [0, 0.1) is 6.92 Å². The average molecular weight is 433 g/mol. The normalized spacial score (nSPS) is 11.2. The molecule has 0 aliphatic carbocycles. The zero-order valence-electron chi connectivity index (χ0n) is 18.2. The Bertz CT molecular complexity index is 1350. The lowest BCUT2D eigenvalue weighted by Gasteiger charge is -2.13. The number of benzene rings is 1. The fourth-order valence-corrected chi connectivity index (χ4v) is 3.73. The van der Waals surface area contributed by atoms with Crippen LogP contribution in [0.5, 0.6) is 0 Å². The van der Waals surface area contributed by atoms with Crippen LogP contribution in [0.3, 0.4) is 0 Å². The average Bonchev–Trinajstić information content (AvgIpc) is 2.80. The Morgan fingerprint density at radius 2 is 2.00 bits per heavy atom. The van der Waals surface area contributed by atoms with Gasteiger partial charge in [0.15, 0.2) is 0 Å². The minimum atomic E-state index is -0.337. The number of carbonyl (C=O) groups is 1. The molecule has 4 aromatic rings. The molecular formula is C24H26N5O3+. The molecule has 0 unspecified atom stereocenters. The molecule has 0 saturated carbocycles. The minimum absolute atomic E-state index is 0.246. The van der Waals surface area contributed by atoms with Gasteiger partial charge in [0.25, 0.3) is 17.1 Å². The van der Waals surface area contributed by atoms with E-state index in [1.807, 2.05) is 43.3 Å². The van der Waals surface area contributed by atoms with E-state index in [9.17, 15) is 9.59 Å². The first-order chi connectivity index (χ1) is 15.5. The number of anilines is 1. The predicted octanol–water partition coefficient (Wildman–Crippen LogP) is 1.84. The van der Waals surface area contributed by atoms with Gasteiger partial charge in [0, 0.05) is 32.0 Å². The summed E-state index contributed by atoms with van der Waals surface area (Å²) in [4.78, 5) is 31.1. The number of nitrogens with one attached hydrogen (secondary N) is 1. The summed E-state index contributed by atoms with van der Waals surface area (Å²) in [5.41, 5.74) is 9.35. The summed E-state index contributed by atoms with van der Waals surface area (Å²) in [5.74, 6) is -0.0773. The number of nitrogens with two attached hydrogens (primary N) is 1. The highest BCUT2D eigenvalue weighted by atomic mass is 16.5. The second-order valence-corrected chi connectivity index (χ2v) is 7.66. The van der Waals surface area contributed by atoms with Gasteiger partial charge in [-0.15, -0.1) is 0 Å². The molecule has 3 heterocycles.